The van der Waals surface area contributed by atoms with Gasteiger partial charge < -0.3 is 10.1 Å². The van der Waals surface area contributed by atoms with Crippen LogP contribution in [0.5, 0.6) is 0 Å². The summed E-state index contributed by atoms with van der Waals surface area (Å²) in [6.07, 6.45) is 1.62. The second-order valence-electron chi connectivity index (χ2n) is 5.28. The highest BCUT2D eigenvalue weighted by molar-refractivity contribution is 5.83. The van der Waals surface area contributed by atoms with Gasteiger partial charge in [-0.1, -0.05) is 18.2 Å². The summed E-state index contributed by atoms with van der Waals surface area (Å²) in [5.74, 6) is -0.514. The maximum atomic E-state index is 13.9. The van der Waals surface area contributed by atoms with Crippen LogP contribution in [0.25, 0.3) is 0 Å². The molecule has 0 radical (unpaired) electrons. The number of halogens is 1. The number of ether oxygens (including phenoxy) is 1. The van der Waals surface area contributed by atoms with E-state index in [-0.39, 0.29) is 17.8 Å². The van der Waals surface area contributed by atoms with Crippen LogP contribution < -0.4 is 5.32 Å². The van der Waals surface area contributed by atoms with E-state index in [4.69, 9.17) is 4.74 Å². The van der Waals surface area contributed by atoms with Gasteiger partial charge in [0.15, 0.2) is 0 Å². The van der Waals surface area contributed by atoms with Crippen LogP contribution in [-0.4, -0.2) is 44.2 Å². The maximum Gasteiger partial charge on any atom is 0.242 e. The maximum absolute atomic E-state index is 13.9. The third-order valence-electron chi connectivity index (χ3n) is 3.53. The molecule has 1 amide bonds. The van der Waals surface area contributed by atoms with Gasteiger partial charge in [-0.05, 0) is 33.0 Å². The highest BCUT2D eigenvalue weighted by Gasteiger charge is 2.27. The molecule has 0 spiro atoms. The first-order valence-electron chi connectivity index (χ1n) is 6.88. The van der Waals surface area contributed by atoms with Gasteiger partial charge in [-0.15, -0.1) is 0 Å². The van der Waals surface area contributed by atoms with E-state index in [1.165, 1.54) is 6.07 Å². The summed E-state index contributed by atoms with van der Waals surface area (Å²) in [5.41, 5.74) is 0.405. The van der Waals surface area contributed by atoms with Crippen LogP contribution in [-0.2, 0) is 9.53 Å². The van der Waals surface area contributed by atoms with Crippen LogP contribution in [0.2, 0.25) is 0 Å². The fourth-order valence-electron chi connectivity index (χ4n) is 2.47. The smallest absolute Gasteiger partial charge is 0.242 e. The van der Waals surface area contributed by atoms with E-state index in [2.05, 4.69) is 5.32 Å². The first kappa shape index (κ1) is 14.9. The molecule has 0 aliphatic carbocycles. The van der Waals surface area contributed by atoms with Crippen molar-refractivity contribution in [2.45, 2.75) is 24.9 Å². The molecular weight excluding hydrogens is 259 g/mol. The Morgan fingerprint density at radius 3 is 2.60 bits per heavy atom. The molecule has 4 nitrogen and oxygen atoms in total. The second kappa shape index (κ2) is 6.81. The highest BCUT2D eigenvalue weighted by Crippen LogP contribution is 2.22. The Labute approximate surface area is 118 Å². The number of nitrogens with zero attached hydrogens (tertiary/aromatic N) is 1. The molecule has 1 aliphatic heterocycles. The molecule has 20 heavy (non-hydrogen) atoms. The average molecular weight is 280 g/mol. The van der Waals surface area contributed by atoms with Gasteiger partial charge in [0.25, 0.3) is 0 Å². The number of likely N-dealkylation sites (N-methyl/N-ethyl adjacent to an activating group) is 1. The van der Waals surface area contributed by atoms with Gasteiger partial charge in [0, 0.05) is 24.8 Å². The van der Waals surface area contributed by atoms with Gasteiger partial charge in [-0.2, -0.15) is 0 Å². The van der Waals surface area contributed by atoms with Crippen LogP contribution in [0.4, 0.5) is 4.39 Å². The molecule has 1 fully saturated rings. The van der Waals surface area contributed by atoms with E-state index < -0.39 is 6.04 Å². The molecule has 2 rings (SSSR count). The Hall–Kier alpha value is -1.46. The molecule has 0 aromatic heterocycles. The van der Waals surface area contributed by atoms with Crippen LogP contribution >= 0.6 is 0 Å². The lowest BCUT2D eigenvalue weighted by atomic mass is 10.0. The summed E-state index contributed by atoms with van der Waals surface area (Å²) >= 11 is 0. The summed E-state index contributed by atoms with van der Waals surface area (Å²) in [4.78, 5) is 14.2. The number of amides is 1. The molecule has 1 unspecified atom stereocenters. The van der Waals surface area contributed by atoms with Gasteiger partial charge in [-0.3, -0.25) is 9.69 Å². The fraction of sp³-hybridized carbons (Fsp3) is 0.533. The van der Waals surface area contributed by atoms with Gasteiger partial charge >= 0.3 is 0 Å². The van der Waals surface area contributed by atoms with E-state index >= 15 is 0 Å². The molecule has 0 bridgehead atoms. The third kappa shape index (κ3) is 3.55. The number of nitrogens with one attached hydrogen (secondary N) is 1. The molecule has 1 saturated heterocycles. The first-order valence-corrected chi connectivity index (χ1v) is 6.88. The first-order chi connectivity index (χ1) is 9.59. The zero-order valence-electron chi connectivity index (χ0n) is 11.9. The quantitative estimate of drug-likeness (QED) is 0.913. The third-order valence-corrected chi connectivity index (χ3v) is 3.53. The fourth-order valence-corrected chi connectivity index (χ4v) is 2.47. The van der Waals surface area contributed by atoms with Gasteiger partial charge in [0.1, 0.15) is 11.9 Å². The van der Waals surface area contributed by atoms with Crippen molar-refractivity contribution >= 4 is 5.91 Å². The SMILES string of the molecule is CN(C)C(C(=O)NC1CCOCC1)c1ccccc1F. The Morgan fingerprint density at radius 1 is 1.35 bits per heavy atom. The van der Waals surface area contributed by atoms with Crippen molar-refractivity contribution in [2.75, 3.05) is 27.3 Å². The minimum absolute atomic E-state index is 0.116. The normalized spacial score (nSPS) is 18.0. The minimum atomic E-state index is -0.612. The largest absolute Gasteiger partial charge is 0.381 e. The zero-order chi connectivity index (χ0) is 14.5. The van der Waals surface area contributed by atoms with Crippen LogP contribution in [0.1, 0.15) is 24.4 Å². The summed E-state index contributed by atoms with van der Waals surface area (Å²) in [7, 11) is 3.56. The summed E-state index contributed by atoms with van der Waals surface area (Å²) in [6.45, 7) is 1.33. The molecule has 1 heterocycles. The van der Waals surface area contributed by atoms with Crippen molar-refractivity contribution in [1.29, 1.82) is 0 Å². The lowest BCUT2D eigenvalue weighted by Gasteiger charge is -2.29. The Bertz CT molecular complexity index is 459. The van der Waals surface area contributed by atoms with E-state index in [1.54, 1.807) is 37.2 Å². The van der Waals surface area contributed by atoms with Crippen LogP contribution in [0.3, 0.4) is 0 Å². The number of benzene rings is 1. The summed E-state index contributed by atoms with van der Waals surface area (Å²) in [6, 6.07) is 5.92. The number of hydrogen-bond acceptors (Lipinski definition) is 3. The van der Waals surface area contributed by atoms with Gasteiger partial charge in [0.05, 0.1) is 0 Å². The average Bonchev–Trinajstić information content (AvgIpc) is 2.42. The summed E-state index contributed by atoms with van der Waals surface area (Å²) < 4.78 is 19.2. The van der Waals surface area contributed by atoms with Crippen molar-refractivity contribution in [2.24, 2.45) is 0 Å². The topological polar surface area (TPSA) is 41.6 Å². The number of carbonyl (C=O) groups is 1. The van der Waals surface area contributed by atoms with E-state index in [1.807, 2.05) is 0 Å². The van der Waals surface area contributed by atoms with Crippen molar-refractivity contribution < 1.29 is 13.9 Å². The monoisotopic (exact) mass is 280 g/mol. The highest BCUT2D eigenvalue weighted by atomic mass is 19.1. The number of carbonyl (C=O) groups excluding carboxylic acids is 1. The molecule has 1 aliphatic rings. The molecule has 5 heteroatoms. The van der Waals surface area contributed by atoms with E-state index in [9.17, 15) is 9.18 Å². The predicted octanol–water partition coefficient (Wildman–Crippen LogP) is 1.72. The zero-order valence-corrected chi connectivity index (χ0v) is 11.9. The molecular formula is C15H21FN2O2. The molecule has 0 saturated carbocycles. The Kier molecular flexibility index (Phi) is 5.09. The lowest BCUT2D eigenvalue weighted by molar-refractivity contribution is -0.127. The number of rotatable bonds is 4. The molecule has 1 aromatic carbocycles. The summed E-state index contributed by atoms with van der Waals surface area (Å²) in [5, 5.41) is 3.00. The standard InChI is InChI=1S/C15H21FN2O2/c1-18(2)14(12-5-3-4-6-13(12)16)15(19)17-11-7-9-20-10-8-11/h3-6,11,14H,7-10H2,1-2H3,(H,17,19). The van der Waals surface area contributed by atoms with Crippen LogP contribution in [0.15, 0.2) is 24.3 Å². The second-order valence-corrected chi connectivity index (χ2v) is 5.28. The number of hydrogen-bond donors (Lipinski definition) is 1. The predicted molar refractivity (Wildman–Crippen MR) is 74.8 cm³/mol. The van der Waals surface area contributed by atoms with Crippen molar-refractivity contribution in [3.63, 3.8) is 0 Å². The van der Waals surface area contributed by atoms with Gasteiger partial charge in [0.2, 0.25) is 5.91 Å². The molecule has 1 aromatic rings. The van der Waals surface area contributed by atoms with E-state index in [0.717, 1.165) is 12.8 Å². The van der Waals surface area contributed by atoms with E-state index in [0.29, 0.717) is 18.8 Å². The Morgan fingerprint density at radius 2 is 2.00 bits per heavy atom. The molecule has 1 atom stereocenters. The van der Waals surface area contributed by atoms with Crippen molar-refractivity contribution in [3.05, 3.63) is 35.6 Å². The lowest BCUT2D eigenvalue weighted by Crippen LogP contribution is -2.44. The minimum Gasteiger partial charge on any atom is -0.381 e. The van der Waals surface area contributed by atoms with Crippen molar-refractivity contribution in [3.8, 4) is 0 Å². The van der Waals surface area contributed by atoms with Crippen LogP contribution in [0, 0.1) is 5.82 Å². The van der Waals surface area contributed by atoms with Crippen molar-refractivity contribution in [1.82, 2.24) is 10.2 Å². The Balaban J connectivity index is 2.12. The van der Waals surface area contributed by atoms with Gasteiger partial charge in [-0.25, -0.2) is 4.39 Å². The molecule has 1 N–H and O–H groups in total. The molecule has 110 valence electrons.